The van der Waals surface area contributed by atoms with Crippen molar-refractivity contribution in [2.24, 2.45) is 11.7 Å². The van der Waals surface area contributed by atoms with Crippen molar-refractivity contribution in [1.82, 2.24) is 15.0 Å². The van der Waals surface area contributed by atoms with Gasteiger partial charge in [-0.15, -0.1) is 11.8 Å². The fourth-order valence-electron chi connectivity index (χ4n) is 4.68. The monoisotopic (exact) mass is 489 g/mol. The van der Waals surface area contributed by atoms with Gasteiger partial charge >= 0.3 is 0 Å². The Labute approximate surface area is 199 Å². The molecule has 1 saturated carbocycles. The van der Waals surface area contributed by atoms with Gasteiger partial charge in [0.25, 0.3) is 0 Å². The van der Waals surface area contributed by atoms with Crippen LogP contribution in [0.2, 0.25) is 5.02 Å². The first-order valence-electron chi connectivity index (χ1n) is 10.6. The Bertz CT molecular complexity index is 1240. The van der Waals surface area contributed by atoms with Crippen molar-refractivity contribution in [3.63, 3.8) is 0 Å². The lowest BCUT2D eigenvalue weighted by molar-refractivity contribution is -0.891. The van der Waals surface area contributed by atoms with Crippen molar-refractivity contribution < 1.29 is 9.20 Å². The van der Waals surface area contributed by atoms with E-state index in [1.807, 2.05) is 0 Å². The molecule has 4 heterocycles. The summed E-state index contributed by atoms with van der Waals surface area (Å²) in [4.78, 5) is 11.0. The lowest BCUT2D eigenvalue weighted by Crippen LogP contribution is -2.71. The maximum atomic E-state index is 15.0. The van der Waals surface area contributed by atoms with Crippen LogP contribution in [0.25, 0.3) is 10.9 Å². The van der Waals surface area contributed by atoms with Crippen molar-refractivity contribution >= 4 is 45.9 Å². The second-order valence-electron chi connectivity index (χ2n) is 9.16. The molecule has 1 saturated heterocycles. The summed E-state index contributed by atoms with van der Waals surface area (Å²) < 4.78 is 13.9. The predicted molar refractivity (Wildman–Crippen MR) is 128 cm³/mol. The highest BCUT2D eigenvalue weighted by Gasteiger charge is 2.60. The molecular weight excluding hydrogens is 467 g/mol. The lowest BCUT2D eigenvalue weighted by Gasteiger charge is -2.67. The predicted octanol–water partition coefficient (Wildman–Crippen LogP) is 4.79. The van der Waals surface area contributed by atoms with Gasteiger partial charge in [0.05, 0.1) is 22.5 Å². The van der Waals surface area contributed by atoms with Crippen molar-refractivity contribution in [3.8, 4) is 0 Å². The first-order valence-corrected chi connectivity index (χ1v) is 11.9. The van der Waals surface area contributed by atoms with Gasteiger partial charge in [0, 0.05) is 29.3 Å². The summed E-state index contributed by atoms with van der Waals surface area (Å²) >= 11 is 7.30. The number of fused-ring (bicyclic) bond motifs is 1. The number of pyridine rings is 3. The number of aromatic nitrogens is 3. The topological polar surface area (TPSA) is 123 Å². The lowest BCUT2D eigenvalue weighted by atomic mass is 9.90. The van der Waals surface area contributed by atoms with Crippen LogP contribution in [0.4, 0.5) is 16.0 Å². The van der Waals surface area contributed by atoms with E-state index in [0.29, 0.717) is 22.2 Å². The van der Waals surface area contributed by atoms with E-state index < -0.39 is 26.3 Å². The zero-order chi connectivity index (χ0) is 23.6. The zero-order valence-corrected chi connectivity index (χ0v) is 19.7. The zero-order valence-electron chi connectivity index (χ0n) is 18.1. The summed E-state index contributed by atoms with van der Waals surface area (Å²) in [7, 11) is 0. The number of hydroxylamine groups is 4. The third-order valence-corrected chi connectivity index (χ3v) is 8.66. The molecule has 3 aromatic rings. The molecule has 0 radical (unpaired) electrons. The standard InChI is InChI=1S/C22H23ClFN6O2S/c1-21(11-30(31,32)22(2,13-3-4-13)20(25)33-21)15-8-17(27-10-16(15)24)29-19-18-12(5-6-26-19)7-14(23)9-28-18/h5-10,13,20H,3-4,11,25H2,1-2H3,(H,26,27,29)/q-1/t20?,21-,22-/m0/s1. The molecule has 8 nitrogen and oxygen atoms in total. The Kier molecular flexibility index (Phi) is 5.31. The van der Waals surface area contributed by atoms with Crippen LogP contribution in [0, 0.1) is 22.1 Å². The second kappa shape index (κ2) is 7.72. The molecule has 5 rings (SSSR count). The largest absolute Gasteiger partial charge is 0.631 e. The first kappa shape index (κ1) is 22.7. The third-order valence-electron chi connectivity index (χ3n) is 6.85. The van der Waals surface area contributed by atoms with Gasteiger partial charge < -0.3 is 26.3 Å². The third kappa shape index (κ3) is 3.74. The molecular formula is C22H23ClFN6O2S-. The van der Waals surface area contributed by atoms with Crippen LogP contribution in [0.3, 0.4) is 0 Å². The molecule has 174 valence electrons. The van der Waals surface area contributed by atoms with Gasteiger partial charge in [-0.3, -0.25) is 4.98 Å². The van der Waals surface area contributed by atoms with Crippen LogP contribution in [-0.2, 0) is 4.75 Å². The van der Waals surface area contributed by atoms with Crippen LogP contribution in [-0.4, -0.2) is 37.2 Å². The maximum absolute atomic E-state index is 15.0. The minimum absolute atomic E-state index is 0.00231. The molecule has 1 aliphatic heterocycles. The number of thioether (sulfide) groups is 1. The van der Waals surface area contributed by atoms with Crippen molar-refractivity contribution in [2.75, 3.05) is 11.9 Å². The quantitative estimate of drug-likeness (QED) is 0.396. The van der Waals surface area contributed by atoms with Crippen LogP contribution < -0.4 is 11.1 Å². The van der Waals surface area contributed by atoms with E-state index in [-0.39, 0.29) is 18.0 Å². The average Bonchev–Trinajstić information content (AvgIpc) is 3.58. The summed E-state index contributed by atoms with van der Waals surface area (Å²) in [5, 5.41) is 30.1. The summed E-state index contributed by atoms with van der Waals surface area (Å²) in [5.41, 5.74) is 6.02. The summed E-state index contributed by atoms with van der Waals surface area (Å²) in [6.07, 6.45) is 5.83. The minimum Gasteiger partial charge on any atom is -0.631 e. The molecule has 33 heavy (non-hydrogen) atoms. The van der Waals surface area contributed by atoms with E-state index in [4.69, 9.17) is 17.3 Å². The molecule has 3 aromatic heterocycles. The van der Waals surface area contributed by atoms with E-state index in [2.05, 4.69) is 20.3 Å². The van der Waals surface area contributed by atoms with Crippen LogP contribution in [0.1, 0.15) is 32.3 Å². The summed E-state index contributed by atoms with van der Waals surface area (Å²) in [6, 6.07) is 5.05. The van der Waals surface area contributed by atoms with E-state index in [1.165, 1.54) is 24.0 Å². The minimum atomic E-state index is -1.75. The Balaban J connectivity index is 1.50. The molecule has 0 amide bonds. The number of rotatable bonds is 4. The molecule has 3 atom stereocenters. The highest BCUT2D eigenvalue weighted by molar-refractivity contribution is 8.00. The van der Waals surface area contributed by atoms with Gasteiger partial charge in [0.15, 0.2) is 5.82 Å². The van der Waals surface area contributed by atoms with E-state index in [1.54, 1.807) is 32.2 Å². The molecule has 11 heteroatoms. The van der Waals surface area contributed by atoms with Gasteiger partial charge in [-0.05, 0) is 44.9 Å². The van der Waals surface area contributed by atoms with Crippen LogP contribution >= 0.6 is 23.4 Å². The summed E-state index contributed by atoms with van der Waals surface area (Å²) in [6.45, 7) is 3.02. The highest BCUT2D eigenvalue weighted by Crippen LogP contribution is 2.57. The number of anilines is 2. The molecule has 2 fully saturated rings. The highest BCUT2D eigenvalue weighted by atomic mass is 35.5. The molecule has 2 aliphatic rings. The van der Waals surface area contributed by atoms with Gasteiger partial charge in [0.2, 0.25) is 0 Å². The molecule has 0 bridgehead atoms. The Hall–Kier alpha value is -2.08. The number of halogens is 2. The number of hydrogen-bond acceptors (Lipinski definition) is 8. The number of quaternary nitrogens is 1. The van der Waals surface area contributed by atoms with E-state index in [9.17, 15) is 14.8 Å². The Morgan fingerprint density at radius 2 is 1.97 bits per heavy atom. The van der Waals surface area contributed by atoms with Crippen LogP contribution in [0.5, 0.6) is 0 Å². The summed E-state index contributed by atoms with van der Waals surface area (Å²) in [5.74, 6) is 0.126. The molecule has 3 N–H and O–H groups in total. The second-order valence-corrected chi connectivity index (χ2v) is 11.2. The Morgan fingerprint density at radius 1 is 1.21 bits per heavy atom. The van der Waals surface area contributed by atoms with Gasteiger partial charge in [0.1, 0.15) is 28.1 Å². The fraction of sp³-hybridized carbons (Fsp3) is 0.409. The number of nitrogens with two attached hydrogens (primary N) is 1. The molecule has 1 unspecified atom stereocenters. The fourth-order valence-corrected chi connectivity index (χ4v) is 6.53. The van der Waals surface area contributed by atoms with Crippen molar-refractivity contribution in [1.29, 1.82) is 0 Å². The SMILES string of the molecule is C[C@]1(C2CC2)C(N)S[C@](C)(c2cc(Nc3nccc4cc(Cl)cnc34)ncc2F)C[N+]1([O-])[O-]. The first-order chi connectivity index (χ1) is 15.5. The van der Waals surface area contributed by atoms with Gasteiger partial charge in [-0.2, -0.15) is 0 Å². The van der Waals surface area contributed by atoms with Gasteiger partial charge in [-0.1, -0.05) is 11.6 Å². The smallest absolute Gasteiger partial charge is 0.158 e. The number of nitrogens with zero attached hydrogens (tertiary/aromatic N) is 4. The Morgan fingerprint density at radius 3 is 2.67 bits per heavy atom. The molecule has 0 spiro atoms. The van der Waals surface area contributed by atoms with Crippen LogP contribution in [0.15, 0.2) is 36.8 Å². The molecule has 1 aliphatic carbocycles. The maximum Gasteiger partial charge on any atom is 0.158 e. The average molecular weight is 490 g/mol. The number of hydrogen-bond donors (Lipinski definition) is 2. The number of nitrogens with one attached hydrogen (secondary N) is 1. The van der Waals surface area contributed by atoms with E-state index >= 15 is 0 Å². The van der Waals surface area contributed by atoms with Crippen molar-refractivity contribution in [2.45, 2.75) is 42.3 Å². The van der Waals surface area contributed by atoms with E-state index in [0.717, 1.165) is 24.4 Å². The van der Waals surface area contributed by atoms with Crippen molar-refractivity contribution in [3.05, 3.63) is 63.6 Å². The normalized spacial score (nSPS) is 29.2. The molecule has 0 aromatic carbocycles. The van der Waals surface area contributed by atoms with Gasteiger partial charge in [-0.25, -0.2) is 14.4 Å².